The Labute approximate surface area is 204 Å². The Morgan fingerprint density at radius 2 is 1.54 bits per heavy atom. The van der Waals surface area contributed by atoms with E-state index in [0.717, 1.165) is 12.0 Å². The van der Waals surface area contributed by atoms with Gasteiger partial charge >= 0.3 is 5.97 Å². The summed E-state index contributed by atoms with van der Waals surface area (Å²) in [5.74, 6) is -1.96. The minimum Gasteiger partial charge on any atom is -0.459 e. The van der Waals surface area contributed by atoms with Gasteiger partial charge in [-0.3, -0.25) is 19.3 Å². The van der Waals surface area contributed by atoms with E-state index in [-0.39, 0.29) is 48.0 Å². The Kier molecular flexibility index (Phi) is 6.01. The first-order valence-corrected chi connectivity index (χ1v) is 12.0. The average molecular weight is 473 g/mol. The molecule has 2 aliphatic carbocycles. The molecule has 5 atom stereocenters. The molecule has 3 aliphatic rings. The Bertz CT molecular complexity index is 1160. The Balaban J connectivity index is 1.38. The van der Waals surface area contributed by atoms with Crippen LogP contribution in [-0.2, 0) is 25.5 Å². The number of nitrogens with one attached hydrogen (secondary N) is 1. The summed E-state index contributed by atoms with van der Waals surface area (Å²) in [6, 6.07) is 14.8. The number of amides is 3. The third-order valence-corrected chi connectivity index (χ3v) is 7.12. The largest absolute Gasteiger partial charge is 0.459 e. The van der Waals surface area contributed by atoms with E-state index in [4.69, 9.17) is 4.74 Å². The number of ether oxygens (including phenoxy) is 1. The molecule has 1 heterocycles. The van der Waals surface area contributed by atoms with Crippen LogP contribution in [0.2, 0.25) is 0 Å². The van der Waals surface area contributed by atoms with Gasteiger partial charge in [-0.25, -0.2) is 4.79 Å². The van der Waals surface area contributed by atoms with E-state index in [1.165, 1.54) is 4.90 Å². The monoisotopic (exact) mass is 472 g/mol. The van der Waals surface area contributed by atoms with Crippen molar-refractivity contribution in [2.45, 2.75) is 38.8 Å². The maximum Gasteiger partial charge on any atom is 0.338 e. The Hall–Kier alpha value is -3.74. The number of carbonyl (C=O) groups is 4. The maximum absolute atomic E-state index is 13.5. The number of anilines is 1. The number of likely N-dealkylation sites (tertiary alicyclic amines) is 1. The minimum absolute atomic E-state index is 0.0741. The van der Waals surface area contributed by atoms with Gasteiger partial charge < -0.3 is 10.1 Å². The van der Waals surface area contributed by atoms with Crippen LogP contribution >= 0.6 is 0 Å². The molecule has 1 saturated carbocycles. The molecule has 2 fully saturated rings. The summed E-state index contributed by atoms with van der Waals surface area (Å²) in [6.45, 7) is 3.55. The molecule has 180 valence electrons. The van der Waals surface area contributed by atoms with E-state index in [2.05, 4.69) is 5.32 Å². The highest BCUT2D eigenvalue weighted by Crippen LogP contribution is 2.53. The number of imide groups is 1. The zero-order chi connectivity index (χ0) is 24.7. The summed E-state index contributed by atoms with van der Waals surface area (Å²) in [6.07, 6.45) is 4.91. The highest BCUT2D eigenvalue weighted by molar-refractivity contribution is 6.11. The second kappa shape index (κ2) is 9.13. The van der Waals surface area contributed by atoms with E-state index < -0.39 is 17.9 Å². The van der Waals surface area contributed by atoms with E-state index >= 15 is 0 Å². The molecular formula is C28H28N2O5. The fraction of sp³-hybridized carbons (Fsp3) is 0.357. The minimum atomic E-state index is -0.965. The molecule has 7 nitrogen and oxygen atoms in total. The zero-order valence-electron chi connectivity index (χ0n) is 19.7. The highest BCUT2D eigenvalue weighted by atomic mass is 16.5. The predicted octanol–water partition coefficient (Wildman–Crippen LogP) is 3.61. The molecule has 0 unspecified atom stereocenters. The van der Waals surface area contributed by atoms with Gasteiger partial charge in [0.15, 0.2) is 0 Å². The van der Waals surface area contributed by atoms with Crippen LogP contribution in [0.1, 0.15) is 36.2 Å². The first-order chi connectivity index (χ1) is 16.8. The fourth-order valence-electron chi connectivity index (χ4n) is 5.57. The van der Waals surface area contributed by atoms with Crippen molar-refractivity contribution >= 4 is 29.4 Å². The lowest BCUT2D eigenvalue weighted by molar-refractivity contribution is -0.147. The number of carbonyl (C=O) groups excluding carboxylic acids is 4. The molecular weight excluding hydrogens is 444 g/mol. The summed E-state index contributed by atoms with van der Waals surface area (Å²) in [5, 5.41) is 2.84. The molecule has 1 N–H and O–H groups in total. The number of hydrogen-bond acceptors (Lipinski definition) is 5. The van der Waals surface area contributed by atoms with Crippen molar-refractivity contribution in [2.75, 3.05) is 5.32 Å². The van der Waals surface area contributed by atoms with Crippen molar-refractivity contribution in [1.82, 2.24) is 4.90 Å². The second-order valence-electron chi connectivity index (χ2n) is 9.77. The molecule has 0 spiro atoms. The molecule has 3 amide bonds. The van der Waals surface area contributed by atoms with Gasteiger partial charge in [-0.05, 0) is 61.9 Å². The zero-order valence-corrected chi connectivity index (χ0v) is 19.7. The van der Waals surface area contributed by atoms with Crippen molar-refractivity contribution in [3.8, 4) is 0 Å². The Morgan fingerprint density at radius 3 is 2.11 bits per heavy atom. The number of benzene rings is 2. The van der Waals surface area contributed by atoms with Gasteiger partial charge in [0, 0.05) is 12.1 Å². The second-order valence-corrected chi connectivity index (χ2v) is 9.77. The molecule has 35 heavy (non-hydrogen) atoms. The van der Waals surface area contributed by atoms with Gasteiger partial charge in [-0.1, -0.05) is 42.5 Å². The molecule has 0 aromatic heterocycles. The Morgan fingerprint density at radius 1 is 0.943 bits per heavy atom. The quantitative estimate of drug-likeness (QED) is 0.378. The first kappa shape index (κ1) is 23.0. The van der Waals surface area contributed by atoms with Crippen LogP contribution in [0.25, 0.3) is 0 Å². The number of esters is 1. The van der Waals surface area contributed by atoms with Crippen molar-refractivity contribution in [1.29, 1.82) is 0 Å². The summed E-state index contributed by atoms with van der Waals surface area (Å²) in [7, 11) is 0. The van der Waals surface area contributed by atoms with Crippen molar-refractivity contribution < 1.29 is 23.9 Å². The van der Waals surface area contributed by atoms with Gasteiger partial charge in [0.2, 0.25) is 17.7 Å². The van der Waals surface area contributed by atoms with E-state index in [0.29, 0.717) is 11.3 Å². The topological polar surface area (TPSA) is 92.8 Å². The molecule has 1 aliphatic heterocycles. The van der Waals surface area contributed by atoms with Crippen LogP contribution in [0.15, 0.2) is 66.7 Å². The number of fused-ring (bicyclic) bond motifs is 5. The average Bonchev–Trinajstić information content (AvgIpc) is 3.52. The van der Waals surface area contributed by atoms with Gasteiger partial charge in [-0.15, -0.1) is 0 Å². The summed E-state index contributed by atoms with van der Waals surface area (Å²) < 4.78 is 5.20. The maximum atomic E-state index is 13.5. The highest BCUT2D eigenvalue weighted by Gasteiger charge is 2.61. The summed E-state index contributed by atoms with van der Waals surface area (Å²) in [4.78, 5) is 53.6. The first-order valence-electron chi connectivity index (χ1n) is 12.0. The normalized spacial score (nSPS) is 25.2. The third-order valence-electron chi connectivity index (χ3n) is 7.12. The smallest absolute Gasteiger partial charge is 0.338 e. The molecule has 0 radical (unpaired) electrons. The molecule has 1 saturated heterocycles. The lowest BCUT2D eigenvalue weighted by Gasteiger charge is -2.27. The van der Waals surface area contributed by atoms with E-state index in [1.54, 1.807) is 38.1 Å². The molecule has 2 aromatic rings. The molecule has 2 aromatic carbocycles. The number of rotatable bonds is 7. The van der Waals surface area contributed by atoms with Crippen LogP contribution in [0.5, 0.6) is 0 Å². The molecule has 5 rings (SSSR count). The van der Waals surface area contributed by atoms with Crippen molar-refractivity contribution in [2.24, 2.45) is 23.7 Å². The fourth-order valence-corrected chi connectivity index (χ4v) is 5.57. The van der Waals surface area contributed by atoms with E-state index in [9.17, 15) is 19.2 Å². The third kappa shape index (κ3) is 4.27. The number of hydrogen-bond donors (Lipinski definition) is 1. The molecule has 7 heteroatoms. The van der Waals surface area contributed by atoms with Crippen LogP contribution in [0, 0.1) is 23.7 Å². The molecule has 2 bridgehead atoms. The van der Waals surface area contributed by atoms with Gasteiger partial charge in [0.05, 0.1) is 23.5 Å². The number of nitrogens with zero attached hydrogens (tertiary/aromatic N) is 1. The van der Waals surface area contributed by atoms with Crippen molar-refractivity contribution in [3.05, 3.63) is 77.9 Å². The van der Waals surface area contributed by atoms with E-state index in [1.807, 2.05) is 42.5 Å². The van der Waals surface area contributed by atoms with Crippen LogP contribution < -0.4 is 5.32 Å². The lowest BCUT2D eigenvalue weighted by Crippen LogP contribution is -2.49. The van der Waals surface area contributed by atoms with Gasteiger partial charge in [0.25, 0.3) is 0 Å². The lowest BCUT2D eigenvalue weighted by atomic mass is 9.85. The van der Waals surface area contributed by atoms with Crippen molar-refractivity contribution in [3.63, 3.8) is 0 Å². The SMILES string of the molecule is CC(C)OC(=O)c1ccc(NC(=O)[C@H](Cc2ccccc2)N2C(=O)[C@@H]3[C@H](C2=O)[C@H]2C=C[C@H]3C2)cc1. The van der Waals surface area contributed by atoms with Gasteiger partial charge in [0.1, 0.15) is 6.04 Å². The summed E-state index contributed by atoms with van der Waals surface area (Å²) in [5.41, 5.74) is 1.70. The predicted molar refractivity (Wildman–Crippen MR) is 129 cm³/mol. The van der Waals surface area contributed by atoms with Crippen LogP contribution in [-0.4, -0.2) is 40.7 Å². The summed E-state index contributed by atoms with van der Waals surface area (Å²) >= 11 is 0. The standard InChI is InChI=1S/C28H28N2O5/c1-16(2)35-28(34)18-10-12-21(13-11-18)29-25(31)22(14-17-6-4-3-5-7-17)30-26(32)23-19-8-9-20(15-19)24(23)27(30)33/h3-13,16,19-20,22-24H,14-15H2,1-2H3,(H,29,31)/t19-,20-,22-,23-,24+/m0/s1. The number of allylic oxidation sites excluding steroid dienone is 2. The van der Waals surface area contributed by atoms with Crippen LogP contribution in [0.4, 0.5) is 5.69 Å². The van der Waals surface area contributed by atoms with Crippen LogP contribution in [0.3, 0.4) is 0 Å². The van der Waals surface area contributed by atoms with Gasteiger partial charge in [-0.2, -0.15) is 0 Å².